The number of hydrogen-bond donors (Lipinski definition) is 0. The second-order valence-electron chi connectivity index (χ2n) is 0. The van der Waals surface area contributed by atoms with Gasteiger partial charge in [-0.25, -0.2) is 0 Å². The molecule has 0 atom stereocenters. The Morgan fingerprint density at radius 3 is 0.333 bits per heavy atom. The average molecular weight is 217 g/mol. The van der Waals surface area contributed by atoms with E-state index >= 15 is 0 Å². The van der Waals surface area contributed by atoms with Gasteiger partial charge in [-0.05, 0) is 0 Å². The van der Waals surface area contributed by atoms with Crippen molar-refractivity contribution in [1.29, 1.82) is 0 Å². The van der Waals surface area contributed by atoms with E-state index in [1.165, 1.54) is 0 Å². The van der Waals surface area contributed by atoms with E-state index in [1.807, 2.05) is 0 Å². The predicted octanol–water partition coefficient (Wildman–Crippen LogP) is -8.77. The molecule has 0 aliphatic heterocycles. The van der Waals surface area contributed by atoms with Crippen LogP contribution in [-0.2, 0) is 17.1 Å². The first-order valence-corrected chi connectivity index (χ1v) is 0. The summed E-state index contributed by atoms with van der Waals surface area (Å²) in [7, 11) is 0. The third-order valence-corrected chi connectivity index (χ3v) is 0. The molecule has 7 nitrogen and oxygen atoms in total. The van der Waals surface area contributed by atoms with Crippen LogP contribution in [0, 0.1) is 0 Å². The molecule has 70 valence electrons. The van der Waals surface area contributed by atoms with Gasteiger partial charge in [0, 0.05) is 0 Å². The van der Waals surface area contributed by atoms with Gasteiger partial charge in [0.1, 0.15) is 0 Å². The van der Waals surface area contributed by atoms with Crippen molar-refractivity contribution in [3.8, 4) is 0 Å². The van der Waals surface area contributed by atoms with E-state index in [-0.39, 0.29) is 67.8 Å². The summed E-state index contributed by atoms with van der Waals surface area (Å²) in [5.41, 5.74) is 0. The van der Waals surface area contributed by atoms with Gasteiger partial charge in [0.2, 0.25) is 0 Å². The van der Waals surface area contributed by atoms with Gasteiger partial charge in [-0.3, -0.25) is 0 Å². The standard InChI is InChI=1S/ClH.Fe.7H2O/h1H;;7*1H2/q;+2;;;;;;;/p-1. The molecule has 0 aromatic rings. The van der Waals surface area contributed by atoms with Crippen molar-refractivity contribution in [3.05, 3.63) is 0 Å². The third-order valence-electron chi connectivity index (χ3n) is 0. The van der Waals surface area contributed by atoms with Crippen molar-refractivity contribution < 1.29 is 67.8 Å². The molecule has 0 amide bonds. The quantitative estimate of drug-likeness (QED) is 0.345. The molecule has 0 radical (unpaired) electrons. The second-order valence-corrected chi connectivity index (χ2v) is 0. The molecule has 0 heterocycles. The Hall–Kier alpha value is 0.529. The summed E-state index contributed by atoms with van der Waals surface area (Å²) in [6.45, 7) is 0. The van der Waals surface area contributed by atoms with Gasteiger partial charge in [0.25, 0.3) is 0 Å². The molecule has 14 N–H and O–H groups in total. The molecular formula is H14ClFeO7+. The molecule has 9 heteroatoms. The van der Waals surface area contributed by atoms with Crippen LogP contribution in [0.2, 0.25) is 0 Å². The van der Waals surface area contributed by atoms with Crippen molar-refractivity contribution in [2.75, 3.05) is 0 Å². The van der Waals surface area contributed by atoms with Crippen LogP contribution >= 0.6 is 0 Å². The summed E-state index contributed by atoms with van der Waals surface area (Å²) in [4.78, 5) is 0. The molecular weight excluding hydrogens is 203 g/mol. The van der Waals surface area contributed by atoms with Gasteiger partial charge in [-0.2, -0.15) is 0 Å². The summed E-state index contributed by atoms with van der Waals surface area (Å²) in [5, 5.41) is 0. The summed E-state index contributed by atoms with van der Waals surface area (Å²) >= 11 is 0. The molecule has 0 aliphatic carbocycles. The second kappa shape index (κ2) is 1720. The van der Waals surface area contributed by atoms with Gasteiger partial charge in [-0.15, -0.1) is 0 Å². The Balaban J connectivity index is 0. The van der Waals surface area contributed by atoms with Crippen LogP contribution in [0.4, 0.5) is 0 Å². The van der Waals surface area contributed by atoms with Crippen molar-refractivity contribution in [2.24, 2.45) is 0 Å². The number of hydrogen-bond acceptors (Lipinski definition) is 0. The normalized spacial score (nSPS) is 0. The van der Waals surface area contributed by atoms with E-state index in [9.17, 15) is 0 Å². The van der Waals surface area contributed by atoms with E-state index in [2.05, 4.69) is 0 Å². The first-order chi connectivity index (χ1) is 0. The van der Waals surface area contributed by atoms with Crippen LogP contribution < -0.4 is 12.4 Å². The van der Waals surface area contributed by atoms with Gasteiger partial charge in [-0.1, -0.05) is 0 Å². The van der Waals surface area contributed by atoms with Crippen LogP contribution in [0.5, 0.6) is 0 Å². The Morgan fingerprint density at radius 2 is 0.333 bits per heavy atom. The fourth-order valence-corrected chi connectivity index (χ4v) is 0. The van der Waals surface area contributed by atoms with Crippen LogP contribution in [-0.4, -0.2) is 38.3 Å². The minimum absolute atomic E-state index is 0. The van der Waals surface area contributed by atoms with E-state index in [0.29, 0.717) is 0 Å². The molecule has 0 spiro atoms. The van der Waals surface area contributed by atoms with E-state index in [4.69, 9.17) is 0 Å². The van der Waals surface area contributed by atoms with Gasteiger partial charge < -0.3 is 50.7 Å². The monoisotopic (exact) mass is 217 g/mol. The Bertz CT molecular complexity index is 8.88. The molecule has 0 bridgehead atoms. The predicted molar refractivity (Wildman–Crippen MR) is 25.3 cm³/mol. The summed E-state index contributed by atoms with van der Waals surface area (Å²) in [5.74, 6) is 0. The fraction of sp³-hybridized carbons (Fsp3) is 0. The third kappa shape index (κ3) is 1300. The van der Waals surface area contributed by atoms with Crippen LogP contribution in [0.15, 0.2) is 0 Å². The molecule has 0 aliphatic rings. The van der Waals surface area contributed by atoms with Crippen molar-refractivity contribution in [3.63, 3.8) is 0 Å². The van der Waals surface area contributed by atoms with E-state index in [1.54, 1.807) is 0 Å². The molecule has 0 saturated carbocycles. The zero-order valence-electron chi connectivity index (χ0n) is 4.23. The maximum absolute atomic E-state index is 0. The van der Waals surface area contributed by atoms with Crippen molar-refractivity contribution in [1.82, 2.24) is 0 Å². The molecule has 0 saturated heterocycles. The van der Waals surface area contributed by atoms with Crippen molar-refractivity contribution >= 4 is 0 Å². The molecule has 0 aromatic heterocycles. The summed E-state index contributed by atoms with van der Waals surface area (Å²) in [6, 6.07) is 0. The Labute approximate surface area is 68.5 Å². The number of rotatable bonds is 0. The first kappa shape index (κ1) is 2470. The SMILES string of the molecule is O.O.O.O.O.O.O.[Cl-].[Fe+2]. The largest absolute Gasteiger partial charge is 2.00 e. The van der Waals surface area contributed by atoms with Crippen LogP contribution in [0.25, 0.3) is 0 Å². The molecule has 0 rings (SSSR count). The maximum Gasteiger partial charge on any atom is 2.00 e. The minimum atomic E-state index is 0. The van der Waals surface area contributed by atoms with Crippen molar-refractivity contribution in [2.45, 2.75) is 0 Å². The zero-order valence-corrected chi connectivity index (χ0v) is 6.09. The molecule has 0 fully saturated rings. The zero-order chi connectivity index (χ0) is 0. The summed E-state index contributed by atoms with van der Waals surface area (Å²) < 4.78 is 0. The average Bonchev–Trinajstić information content (AvgIpc) is 0. The molecule has 9 heavy (non-hydrogen) atoms. The maximum atomic E-state index is 0. The Kier molecular flexibility index (Phi) is 474000. The number of halogens is 1. The molecule has 0 aromatic carbocycles. The smallest absolute Gasteiger partial charge is 1.00 e. The van der Waals surface area contributed by atoms with Gasteiger partial charge >= 0.3 is 17.1 Å². The van der Waals surface area contributed by atoms with E-state index in [0.717, 1.165) is 0 Å². The first-order valence-electron chi connectivity index (χ1n) is 0. The fourth-order valence-electron chi connectivity index (χ4n) is 0. The van der Waals surface area contributed by atoms with Crippen LogP contribution in [0.3, 0.4) is 0 Å². The minimum Gasteiger partial charge on any atom is -1.00 e. The van der Waals surface area contributed by atoms with Crippen LogP contribution in [0.1, 0.15) is 0 Å². The summed E-state index contributed by atoms with van der Waals surface area (Å²) in [6.07, 6.45) is 0. The van der Waals surface area contributed by atoms with Gasteiger partial charge in [0.15, 0.2) is 0 Å². The van der Waals surface area contributed by atoms with E-state index < -0.39 is 0 Å². The Morgan fingerprint density at radius 1 is 0.333 bits per heavy atom. The topological polar surface area (TPSA) is 220 Å². The molecule has 0 unspecified atom stereocenters. The van der Waals surface area contributed by atoms with Gasteiger partial charge in [0.05, 0.1) is 0 Å².